The highest BCUT2D eigenvalue weighted by atomic mass is 16.5. The maximum absolute atomic E-state index is 11.0. The van der Waals surface area contributed by atoms with Crippen molar-refractivity contribution >= 4 is 5.97 Å². The van der Waals surface area contributed by atoms with Crippen LogP contribution in [0.1, 0.15) is 53.9 Å². The van der Waals surface area contributed by atoms with Crippen LogP contribution in [0.5, 0.6) is 0 Å². The van der Waals surface area contributed by atoms with Crippen LogP contribution in [0.15, 0.2) is 0 Å². The molecule has 1 unspecified atom stereocenters. The molecule has 0 aromatic carbocycles. The molecule has 84 valence electrons. The van der Waals surface area contributed by atoms with Gasteiger partial charge in [0.2, 0.25) is 0 Å². The first-order chi connectivity index (χ1) is 6.50. The van der Waals surface area contributed by atoms with Gasteiger partial charge in [-0.1, -0.05) is 47.5 Å². The minimum absolute atomic E-state index is 0.0913. The summed E-state index contributed by atoms with van der Waals surface area (Å²) in [6, 6.07) is 0. The topological polar surface area (TPSA) is 26.3 Å². The molecule has 0 bridgehead atoms. The molecule has 0 aromatic heterocycles. The van der Waals surface area contributed by atoms with E-state index in [0.717, 1.165) is 12.8 Å². The summed E-state index contributed by atoms with van der Waals surface area (Å²) in [7, 11) is 0. The molecule has 0 aliphatic heterocycles. The van der Waals surface area contributed by atoms with Crippen LogP contribution in [0, 0.1) is 11.3 Å². The lowest BCUT2D eigenvalue weighted by Crippen LogP contribution is -2.28. The van der Waals surface area contributed by atoms with Gasteiger partial charge in [0.15, 0.2) is 0 Å². The zero-order valence-electron chi connectivity index (χ0n) is 10.2. The van der Waals surface area contributed by atoms with Crippen molar-refractivity contribution in [1.82, 2.24) is 0 Å². The molecule has 0 spiro atoms. The Bertz CT molecular complexity index is 171. The predicted molar refractivity (Wildman–Crippen MR) is 59.1 cm³/mol. The molecule has 0 aliphatic rings. The van der Waals surface area contributed by atoms with Crippen LogP contribution in [0.2, 0.25) is 0 Å². The molecule has 0 fully saturated rings. The van der Waals surface area contributed by atoms with Crippen molar-refractivity contribution in [3.05, 3.63) is 0 Å². The predicted octanol–water partition coefficient (Wildman–Crippen LogP) is 3.40. The van der Waals surface area contributed by atoms with Gasteiger partial charge in [0.25, 0.3) is 0 Å². The van der Waals surface area contributed by atoms with Crippen LogP contribution in [0.4, 0.5) is 0 Å². The van der Waals surface area contributed by atoms with E-state index in [0.29, 0.717) is 24.4 Å². The smallest absolute Gasteiger partial charge is 0.305 e. The summed E-state index contributed by atoms with van der Waals surface area (Å²) in [5, 5.41) is 0. The molecule has 0 aliphatic carbocycles. The minimum atomic E-state index is -0.0913. The number of rotatable bonds is 6. The molecule has 0 aromatic rings. The standard InChI is InChI=1S/C12H24O2/c1-6-11(13)14-9-10(4)12(5,7-2)8-3/h10H,6-9H2,1-5H3. The van der Waals surface area contributed by atoms with Gasteiger partial charge in [-0.2, -0.15) is 0 Å². The van der Waals surface area contributed by atoms with E-state index in [-0.39, 0.29) is 5.97 Å². The molecule has 0 radical (unpaired) electrons. The number of hydrogen-bond donors (Lipinski definition) is 0. The van der Waals surface area contributed by atoms with E-state index in [4.69, 9.17) is 4.74 Å². The van der Waals surface area contributed by atoms with Crippen molar-refractivity contribution in [1.29, 1.82) is 0 Å². The molecule has 0 amide bonds. The van der Waals surface area contributed by atoms with E-state index < -0.39 is 0 Å². The summed E-state index contributed by atoms with van der Waals surface area (Å²) in [4.78, 5) is 11.0. The summed E-state index contributed by atoms with van der Waals surface area (Å²) < 4.78 is 5.16. The third kappa shape index (κ3) is 3.69. The van der Waals surface area contributed by atoms with Crippen LogP contribution in [0.25, 0.3) is 0 Å². The Kier molecular flexibility index (Phi) is 5.82. The molecule has 0 N–H and O–H groups in total. The molecular formula is C12H24O2. The first-order valence-electron chi connectivity index (χ1n) is 5.65. The summed E-state index contributed by atoms with van der Waals surface area (Å²) in [5.74, 6) is 0.347. The van der Waals surface area contributed by atoms with Crippen LogP contribution < -0.4 is 0 Å². The zero-order chi connectivity index (χ0) is 11.2. The van der Waals surface area contributed by atoms with Gasteiger partial charge in [0.1, 0.15) is 0 Å². The van der Waals surface area contributed by atoms with Crippen molar-refractivity contribution < 1.29 is 9.53 Å². The quantitative estimate of drug-likeness (QED) is 0.614. The number of hydrogen-bond acceptors (Lipinski definition) is 2. The average Bonchev–Trinajstić information content (AvgIpc) is 2.23. The molecule has 0 saturated heterocycles. The maximum atomic E-state index is 11.0. The fraction of sp³-hybridized carbons (Fsp3) is 0.917. The van der Waals surface area contributed by atoms with Crippen LogP contribution in [-0.4, -0.2) is 12.6 Å². The highest BCUT2D eigenvalue weighted by Crippen LogP contribution is 2.34. The van der Waals surface area contributed by atoms with Crippen molar-refractivity contribution in [2.75, 3.05) is 6.61 Å². The largest absolute Gasteiger partial charge is 0.465 e. The van der Waals surface area contributed by atoms with Gasteiger partial charge in [-0.15, -0.1) is 0 Å². The van der Waals surface area contributed by atoms with Crippen molar-refractivity contribution in [3.8, 4) is 0 Å². The Balaban J connectivity index is 4.05. The van der Waals surface area contributed by atoms with Gasteiger partial charge in [-0.25, -0.2) is 0 Å². The van der Waals surface area contributed by atoms with Crippen molar-refractivity contribution in [2.24, 2.45) is 11.3 Å². The molecule has 2 heteroatoms. The van der Waals surface area contributed by atoms with E-state index in [9.17, 15) is 4.79 Å². The summed E-state index contributed by atoms with van der Waals surface area (Å²) in [5.41, 5.74) is 0.300. The van der Waals surface area contributed by atoms with E-state index in [1.165, 1.54) is 0 Å². The molecule has 2 nitrogen and oxygen atoms in total. The maximum Gasteiger partial charge on any atom is 0.305 e. The SMILES string of the molecule is CCC(=O)OCC(C)C(C)(CC)CC. The van der Waals surface area contributed by atoms with E-state index in [2.05, 4.69) is 27.7 Å². The number of carbonyl (C=O) groups is 1. The van der Waals surface area contributed by atoms with Crippen molar-refractivity contribution in [3.63, 3.8) is 0 Å². The van der Waals surface area contributed by atoms with Gasteiger partial charge in [-0.05, 0) is 11.3 Å². The van der Waals surface area contributed by atoms with Gasteiger partial charge in [0.05, 0.1) is 6.61 Å². The van der Waals surface area contributed by atoms with Crippen LogP contribution in [-0.2, 0) is 9.53 Å². The van der Waals surface area contributed by atoms with E-state index >= 15 is 0 Å². The Morgan fingerprint density at radius 1 is 1.29 bits per heavy atom. The lowest BCUT2D eigenvalue weighted by atomic mass is 9.74. The van der Waals surface area contributed by atoms with Gasteiger partial charge in [0, 0.05) is 6.42 Å². The van der Waals surface area contributed by atoms with Crippen LogP contribution in [0.3, 0.4) is 0 Å². The second kappa shape index (κ2) is 6.05. The Hall–Kier alpha value is -0.530. The fourth-order valence-electron chi connectivity index (χ4n) is 1.47. The molecule has 14 heavy (non-hydrogen) atoms. The summed E-state index contributed by atoms with van der Waals surface area (Å²) >= 11 is 0. The number of carbonyl (C=O) groups excluding carboxylic acids is 1. The molecule has 1 atom stereocenters. The Morgan fingerprint density at radius 2 is 1.79 bits per heavy atom. The van der Waals surface area contributed by atoms with Gasteiger partial charge >= 0.3 is 5.97 Å². The third-order valence-electron chi connectivity index (χ3n) is 3.59. The fourth-order valence-corrected chi connectivity index (χ4v) is 1.47. The zero-order valence-corrected chi connectivity index (χ0v) is 10.2. The average molecular weight is 200 g/mol. The Labute approximate surface area is 88.0 Å². The first kappa shape index (κ1) is 13.5. The number of esters is 1. The second-order valence-corrected chi connectivity index (χ2v) is 4.30. The lowest BCUT2D eigenvalue weighted by molar-refractivity contribution is -0.145. The monoisotopic (exact) mass is 200 g/mol. The van der Waals surface area contributed by atoms with Gasteiger partial charge < -0.3 is 4.74 Å². The molecule has 0 heterocycles. The summed E-state index contributed by atoms with van der Waals surface area (Å²) in [6.45, 7) is 11.2. The molecule has 0 rings (SSSR count). The van der Waals surface area contributed by atoms with E-state index in [1.54, 1.807) is 0 Å². The second-order valence-electron chi connectivity index (χ2n) is 4.30. The number of ether oxygens (including phenoxy) is 1. The Morgan fingerprint density at radius 3 is 2.14 bits per heavy atom. The summed E-state index contributed by atoms with van der Waals surface area (Å²) in [6.07, 6.45) is 2.74. The first-order valence-corrected chi connectivity index (χ1v) is 5.65. The normalized spacial score (nSPS) is 13.8. The lowest BCUT2D eigenvalue weighted by Gasteiger charge is -2.33. The third-order valence-corrected chi connectivity index (χ3v) is 3.59. The molecule has 0 saturated carbocycles. The van der Waals surface area contributed by atoms with Gasteiger partial charge in [-0.3, -0.25) is 4.79 Å². The molecular weight excluding hydrogens is 176 g/mol. The highest BCUT2D eigenvalue weighted by Gasteiger charge is 2.27. The highest BCUT2D eigenvalue weighted by molar-refractivity contribution is 5.68. The van der Waals surface area contributed by atoms with Crippen LogP contribution >= 0.6 is 0 Å². The van der Waals surface area contributed by atoms with Crippen molar-refractivity contribution in [2.45, 2.75) is 53.9 Å². The minimum Gasteiger partial charge on any atom is -0.465 e. The van der Waals surface area contributed by atoms with E-state index in [1.807, 2.05) is 6.92 Å².